The van der Waals surface area contributed by atoms with E-state index in [1.54, 1.807) is 12.1 Å². The highest BCUT2D eigenvalue weighted by atomic mass is 32.2. The summed E-state index contributed by atoms with van der Waals surface area (Å²) in [6.45, 7) is 0. The zero-order valence-corrected chi connectivity index (χ0v) is 17.8. The molecule has 154 valence electrons. The average molecular weight is 450 g/mol. The summed E-state index contributed by atoms with van der Waals surface area (Å²) in [5.41, 5.74) is 6.97. The van der Waals surface area contributed by atoms with E-state index in [9.17, 15) is 14.5 Å². The number of carboxylic acids is 1. The molecule has 7 nitrogen and oxygen atoms in total. The average Bonchev–Trinajstić information content (AvgIpc) is 3.21. The van der Waals surface area contributed by atoms with E-state index >= 15 is 0 Å². The molecule has 4 aromatic rings. The van der Waals surface area contributed by atoms with Crippen LogP contribution in [-0.2, 0) is 11.2 Å². The van der Waals surface area contributed by atoms with Crippen LogP contribution in [0.5, 0.6) is 0 Å². The summed E-state index contributed by atoms with van der Waals surface area (Å²) in [6, 6.07) is 18.4. The van der Waals surface area contributed by atoms with Gasteiger partial charge in [0, 0.05) is 12.0 Å². The van der Waals surface area contributed by atoms with Crippen molar-refractivity contribution in [3.63, 3.8) is 0 Å². The molecule has 1 unspecified atom stereocenters. The molecule has 1 atom stereocenters. The van der Waals surface area contributed by atoms with Gasteiger partial charge >= 0.3 is 5.97 Å². The van der Waals surface area contributed by atoms with Crippen molar-refractivity contribution in [1.82, 2.24) is 9.97 Å². The number of rotatable bonds is 4. The molecule has 0 spiro atoms. The molecule has 1 aliphatic heterocycles. The SMILES string of the molecule is O=C(O)c1cccc(-c2ccc3c(c2)/C(=N/Nc2nc4ccccc4s2)CC[S+]3O)n1. The lowest BCUT2D eigenvalue weighted by Gasteiger charge is -2.15. The van der Waals surface area contributed by atoms with Gasteiger partial charge in [0.15, 0.2) is 21.8 Å². The third-order valence-corrected chi connectivity index (χ3v) is 7.32. The third-order valence-electron chi connectivity index (χ3n) is 4.92. The number of para-hydroxylation sites is 1. The molecule has 5 rings (SSSR count). The second-order valence-corrected chi connectivity index (χ2v) is 9.51. The minimum absolute atomic E-state index is 0.0106. The topological polar surface area (TPSA) is 108 Å². The predicted molar refractivity (Wildman–Crippen MR) is 124 cm³/mol. The number of fused-ring (bicyclic) bond motifs is 2. The van der Waals surface area contributed by atoms with Crippen molar-refractivity contribution in [2.75, 3.05) is 11.2 Å². The van der Waals surface area contributed by atoms with E-state index in [-0.39, 0.29) is 5.69 Å². The first kappa shape index (κ1) is 19.7. The normalized spacial score (nSPS) is 16.9. The summed E-state index contributed by atoms with van der Waals surface area (Å²) < 4.78 is 11.6. The Bertz CT molecular complexity index is 1300. The van der Waals surface area contributed by atoms with Gasteiger partial charge in [-0.3, -0.25) is 5.43 Å². The van der Waals surface area contributed by atoms with Crippen LogP contribution in [0.2, 0.25) is 0 Å². The summed E-state index contributed by atoms with van der Waals surface area (Å²) >= 11 is 0.671. The number of carbonyl (C=O) groups is 1. The Morgan fingerprint density at radius 3 is 2.81 bits per heavy atom. The lowest BCUT2D eigenvalue weighted by Crippen LogP contribution is -2.22. The van der Waals surface area contributed by atoms with Gasteiger partial charge in [-0.15, -0.1) is 0 Å². The van der Waals surface area contributed by atoms with E-state index < -0.39 is 17.1 Å². The molecule has 3 heterocycles. The molecule has 3 N–H and O–H groups in total. The molecule has 0 amide bonds. The Morgan fingerprint density at radius 1 is 1.10 bits per heavy atom. The Morgan fingerprint density at radius 2 is 1.97 bits per heavy atom. The number of carboxylic acid groups (broad SMARTS) is 1. The van der Waals surface area contributed by atoms with E-state index in [1.807, 2.05) is 42.5 Å². The number of benzene rings is 2. The smallest absolute Gasteiger partial charge is 0.354 e. The Balaban J connectivity index is 1.51. The second-order valence-electron chi connectivity index (χ2n) is 6.90. The van der Waals surface area contributed by atoms with E-state index in [1.165, 1.54) is 17.4 Å². The van der Waals surface area contributed by atoms with Crippen LogP contribution in [0.4, 0.5) is 5.13 Å². The number of aromatic carboxylic acids is 1. The minimum atomic E-state index is -1.07. The molecule has 2 aromatic carbocycles. The van der Waals surface area contributed by atoms with Gasteiger partial charge in [0.1, 0.15) is 5.69 Å². The van der Waals surface area contributed by atoms with Gasteiger partial charge in [-0.05, 0) is 42.5 Å². The van der Waals surface area contributed by atoms with Crippen molar-refractivity contribution in [2.24, 2.45) is 5.10 Å². The largest absolute Gasteiger partial charge is 0.477 e. The monoisotopic (exact) mass is 449 g/mol. The van der Waals surface area contributed by atoms with Crippen LogP contribution in [0, 0.1) is 0 Å². The number of thiazole rings is 1. The quantitative estimate of drug-likeness (QED) is 0.307. The molecular weight excluding hydrogens is 432 g/mol. The van der Waals surface area contributed by atoms with E-state index in [0.717, 1.165) is 32.0 Å². The van der Waals surface area contributed by atoms with Gasteiger partial charge in [0.2, 0.25) is 5.13 Å². The fourth-order valence-corrected chi connectivity index (χ4v) is 5.50. The van der Waals surface area contributed by atoms with Crippen molar-refractivity contribution < 1.29 is 14.5 Å². The van der Waals surface area contributed by atoms with Crippen LogP contribution in [0.25, 0.3) is 21.5 Å². The maximum atomic E-state index is 11.3. The Labute approximate surface area is 184 Å². The highest BCUT2D eigenvalue weighted by Gasteiger charge is 2.32. The van der Waals surface area contributed by atoms with E-state index in [4.69, 9.17) is 0 Å². The fourth-order valence-electron chi connectivity index (χ4n) is 3.42. The Hall–Kier alpha value is -3.27. The van der Waals surface area contributed by atoms with Crippen LogP contribution < -0.4 is 5.43 Å². The summed E-state index contributed by atoms with van der Waals surface area (Å²) in [5.74, 6) is -0.460. The zero-order valence-electron chi connectivity index (χ0n) is 16.1. The van der Waals surface area contributed by atoms with Crippen LogP contribution in [0.1, 0.15) is 22.5 Å². The number of hydrogen-bond donors (Lipinski definition) is 3. The summed E-state index contributed by atoms with van der Waals surface area (Å²) in [4.78, 5) is 20.9. The number of aromatic nitrogens is 2. The van der Waals surface area contributed by atoms with Crippen molar-refractivity contribution in [1.29, 1.82) is 0 Å². The molecule has 0 bridgehead atoms. The lowest BCUT2D eigenvalue weighted by molar-refractivity contribution is 0.0690. The highest BCUT2D eigenvalue weighted by Crippen LogP contribution is 2.31. The van der Waals surface area contributed by atoms with Gasteiger partial charge < -0.3 is 5.11 Å². The summed E-state index contributed by atoms with van der Waals surface area (Å²) in [5, 5.41) is 14.5. The number of hydrogen-bond acceptors (Lipinski definition) is 7. The van der Waals surface area contributed by atoms with Gasteiger partial charge in [-0.25, -0.2) is 14.8 Å². The minimum Gasteiger partial charge on any atom is -0.477 e. The number of pyridine rings is 1. The number of nitrogens with zero attached hydrogens (tertiary/aromatic N) is 3. The predicted octanol–water partition coefficient (Wildman–Crippen LogP) is 4.73. The third kappa shape index (κ3) is 3.90. The molecule has 0 saturated carbocycles. The van der Waals surface area contributed by atoms with Crippen LogP contribution in [0.3, 0.4) is 0 Å². The zero-order chi connectivity index (χ0) is 21.4. The van der Waals surface area contributed by atoms with E-state index in [0.29, 0.717) is 23.0 Å². The molecule has 2 aromatic heterocycles. The first-order valence-corrected chi connectivity index (χ1v) is 11.7. The maximum absolute atomic E-state index is 11.3. The number of hydrazone groups is 1. The molecule has 0 aliphatic carbocycles. The number of nitrogens with one attached hydrogen (secondary N) is 1. The second kappa shape index (κ2) is 8.10. The van der Waals surface area contributed by atoms with Crippen molar-refractivity contribution in [3.05, 3.63) is 71.9 Å². The molecule has 0 saturated heterocycles. The van der Waals surface area contributed by atoms with E-state index in [2.05, 4.69) is 20.5 Å². The fraction of sp³-hybridized carbons (Fsp3) is 0.0909. The lowest BCUT2D eigenvalue weighted by atomic mass is 10.0. The first-order chi connectivity index (χ1) is 15.1. The van der Waals surface area contributed by atoms with Gasteiger partial charge in [-0.2, -0.15) is 9.65 Å². The molecule has 9 heteroatoms. The molecule has 1 aliphatic rings. The van der Waals surface area contributed by atoms with Gasteiger partial charge in [-0.1, -0.05) is 29.5 Å². The van der Waals surface area contributed by atoms with Crippen molar-refractivity contribution >= 4 is 49.5 Å². The Kier molecular flexibility index (Phi) is 5.14. The van der Waals surface area contributed by atoms with Crippen LogP contribution in [0.15, 0.2) is 70.7 Å². The highest BCUT2D eigenvalue weighted by molar-refractivity contribution is 7.91. The molecule has 31 heavy (non-hydrogen) atoms. The number of anilines is 1. The van der Waals surface area contributed by atoms with Crippen molar-refractivity contribution in [3.8, 4) is 11.3 Å². The standard InChI is InChI=1S/C22H16N4O3S2/c27-21(28)18-6-3-5-15(23-18)13-8-9-20-14(12-13)16(10-11-31(20)29)25-26-22-24-17-4-1-2-7-19(17)30-22/h1-9,12,29H,10-11H2,(H-,24,26,27,28)/p+1/b25-16+. The van der Waals surface area contributed by atoms with Gasteiger partial charge in [0.25, 0.3) is 0 Å². The maximum Gasteiger partial charge on any atom is 0.354 e. The van der Waals surface area contributed by atoms with Gasteiger partial charge in [0.05, 0.1) is 27.2 Å². The van der Waals surface area contributed by atoms with Crippen LogP contribution >= 0.6 is 11.3 Å². The summed E-state index contributed by atoms with van der Waals surface area (Å²) in [6.07, 6.45) is 0.622. The molecule has 0 fully saturated rings. The molecular formula is C22H17N4O3S2+. The summed E-state index contributed by atoms with van der Waals surface area (Å²) in [7, 11) is 0. The first-order valence-electron chi connectivity index (χ1n) is 9.52. The van der Waals surface area contributed by atoms with Crippen molar-refractivity contribution in [2.45, 2.75) is 11.3 Å². The molecule has 0 radical (unpaired) electrons. The van der Waals surface area contributed by atoms with Crippen LogP contribution in [-0.4, -0.2) is 37.1 Å².